The lowest BCUT2D eigenvalue weighted by molar-refractivity contribution is -0.137. The molecule has 0 unspecified atom stereocenters. The third kappa shape index (κ3) is 2.74. The van der Waals surface area contributed by atoms with Crippen LogP contribution in [0.3, 0.4) is 0 Å². The van der Waals surface area contributed by atoms with Crippen molar-refractivity contribution in [2.24, 2.45) is 0 Å². The molecule has 2 nitrogen and oxygen atoms in total. The van der Waals surface area contributed by atoms with Crippen LogP contribution in [0.15, 0.2) is 48.8 Å². The van der Waals surface area contributed by atoms with Crippen LogP contribution in [-0.4, -0.2) is 9.38 Å². The summed E-state index contributed by atoms with van der Waals surface area (Å²) in [6, 6.07) is 8.77. The summed E-state index contributed by atoms with van der Waals surface area (Å²) in [6.07, 6.45) is -0.630. The molecule has 0 aliphatic rings. The van der Waals surface area contributed by atoms with Crippen molar-refractivity contribution in [3.63, 3.8) is 0 Å². The summed E-state index contributed by atoms with van der Waals surface area (Å²) in [7, 11) is 0. The molecule has 6 heteroatoms. The van der Waals surface area contributed by atoms with Crippen molar-refractivity contribution in [1.82, 2.24) is 9.38 Å². The normalized spacial score (nSPS) is 12.0. The fraction of sp³-hybridized carbons (Fsp3) is 0.133. The second kappa shape index (κ2) is 5.07. The van der Waals surface area contributed by atoms with Gasteiger partial charge >= 0.3 is 6.18 Å². The van der Waals surface area contributed by atoms with Crippen LogP contribution in [0.25, 0.3) is 5.52 Å². The highest BCUT2D eigenvalue weighted by atomic mass is 35.5. The van der Waals surface area contributed by atoms with E-state index in [2.05, 4.69) is 4.98 Å². The van der Waals surface area contributed by atoms with Crippen LogP contribution >= 0.6 is 11.6 Å². The van der Waals surface area contributed by atoms with Gasteiger partial charge in [-0.1, -0.05) is 29.8 Å². The molecule has 2 heterocycles. The van der Waals surface area contributed by atoms with E-state index >= 15 is 0 Å². The van der Waals surface area contributed by atoms with E-state index in [1.54, 1.807) is 35.0 Å². The van der Waals surface area contributed by atoms with Gasteiger partial charge in [0.1, 0.15) is 5.82 Å². The first kappa shape index (κ1) is 13.9. The first-order valence-electron chi connectivity index (χ1n) is 6.22. The molecule has 21 heavy (non-hydrogen) atoms. The van der Waals surface area contributed by atoms with Gasteiger partial charge in [-0.25, -0.2) is 4.98 Å². The number of hydrogen-bond acceptors (Lipinski definition) is 1. The largest absolute Gasteiger partial charge is 0.416 e. The number of pyridine rings is 1. The Balaban J connectivity index is 1.98. The number of imidazole rings is 1. The molecule has 0 saturated heterocycles. The van der Waals surface area contributed by atoms with Crippen LogP contribution in [-0.2, 0) is 12.6 Å². The predicted molar refractivity (Wildman–Crippen MR) is 74.5 cm³/mol. The maximum absolute atomic E-state index is 12.7. The SMILES string of the molecule is FC(F)(F)c1cccc(Cc2ncc3c(Cl)cccn23)c1. The van der Waals surface area contributed by atoms with Gasteiger partial charge in [-0.15, -0.1) is 0 Å². The molecule has 0 amide bonds. The monoisotopic (exact) mass is 310 g/mol. The Labute approximate surface area is 123 Å². The van der Waals surface area contributed by atoms with E-state index in [1.165, 1.54) is 6.07 Å². The number of aromatic nitrogens is 2. The van der Waals surface area contributed by atoms with Crippen LogP contribution in [0, 0.1) is 0 Å². The van der Waals surface area contributed by atoms with Gasteiger partial charge in [0.25, 0.3) is 0 Å². The summed E-state index contributed by atoms with van der Waals surface area (Å²) in [5, 5.41) is 0.556. The maximum atomic E-state index is 12.7. The number of rotatable bonds is 2. The number of halogens is 4. The minimum atomic E-state index is -4.34. The summed E-state index contributed by atoms with van der Waals surface area (Å²) < 4.78 is 39.9. The average molecular weight is 311 g/mol. The van der Waals surface area contributed by atoms with Gasteiger partial charge in [0.15, 0.2) is 0 Å². The maximum Gasteiger partial charge on any atom is 0.416 e. The summed E-state index contributed by atoms with van der Waals surface area (Å²) in [5.74, 6) is 0.645. The summed E-state index contributed by atoms with van der Waals surface area (Å²) in [4.78, 5) is 4.24. The standard InChI is InChI=1S/C15H10ClF3N2/c16-12-5-2-6-21-13(12)9-20-14(21)8-10-3-1-4-11(7-10)15(17,18)19/h1-7,9H,8H2. The second-order valence-electron chi connectivity index (χ2n) is 4.66. The number of benzene rings is 1. The molecule has 3 aromatic rings. The van der Waals surface area contributed by atoms with Crippen LogP contribution in [0.4, 0.5) is 13.2 Å². The van der Waals surface area contributed by atoms with Gasteiger partial charge in [0, 0.05) is 12.6 Å². The van der Waals surface area contributed by atoms with Crippen molar-refractivity contribution in [3.8, 4) is 0 Å². The Bertz CT molecular complexity index is 793. The summed E-state index contributed by atoms with van der Waals surface area (Å²) in [5.41, 5.74) is 0.636. The quantitative estimate of drug-likeness (QED) is 0.676. The molecule has 0 fully saturated rings. The van der Waals surface area contributed by atoms with Crippen LogP contribution in [0.5, 0.6) is 0 Å². The van der Waals surface area contributed by atoms with Gasteiger partial charge in [-0.3, -0.25) is 0 Å². The Morgan fingerprint density at radius 2 is 1.95 bits per heavy atom. The topological polar surface area (TPSA) is 17.3 Å². The van der Waals surface area contributed by atoms with Gasteiger partial charge in [-0.2, -0.15) is 13.2 Å². The third-order valence-corrected chi connectivity index (χ3v) is 3.53. The van der Waals surface area contributed by atoms with Crippen LogP contribution in [0.1, 0.15) is 17.0 Å². The van der Waals surface area contributed by atoms with Crippen LogP contribution < -0.4 is 0 Å². The molecule has 108 valence electrons. The molecule has 0 N–H and O–H groups in total. The summed E-state index contributed by atoms with van der Waals surface area (Å²) in [6.45, 7) is 0. The van der Waals surface area contributed by atoms with Crippen molar-refractivity contribution in [1.29, 1.82) is 0 Å². The molecule has 1 aromatic carbocycles. The first-order valence-corrected chi connectivity index (χ1v) is 6.59. The zero-order valence-corrected chi connectivity index (χ0v) is 11.5. The molecule has 0 aliphatic carbocycles. The van der Waals surface area contributed by atoms with E-state index in [0.717, 1.165) is 17.6 Å². The number of nitrogens with zero attached hydrogens (tertiary/aromatic N) is 2. The molecule has 2 aromatic heterocycles. The van der Waals surface area contributed by atoms with Crippen molar-refractivity contribution >= 4 is 17.1 Å². The fourth-order valence-electron chi connectivity index (χ4n) is 2.21. The predicted octanol–water partition coefficient (Wildman–Crippen LogP) is 4.60. The minimum absolute atomic E-state index is 0.304. The van der Waals surface area contributed by atoms with Crippen molar-refractivity contribution in [2.75, 3.05) is 0 Å². The Kier molecular flexibility index (Phi) is 3.37. The van der Waals surface area contributed by atoms with E-state index in [1.807, 2.05) is 0 Å². The van der Waals surface area contributed by atoms with Gasteiger partial charge in [-0.05, 0) is 23.8 Å². The van der Waals surface area contributed by atoms with E-state index in [9.17, 15) is 13.2 Å². The Morgan fingerprint density at radius 3 is 2.71 bits per heavy atom. The first-order chi connectivity index (χ1) is 9.95. The molecule has 0 saturated carbocycles. The van der Waals surface area contributed by atoms with Crippen LogP contribution in [0.2, 0.25) is 5.02 Å². The highest BCUT2D eigenvalue weighted by molar-refractivity contribution is 6.33. The molecular weight excluding hydrogens is 301 g/mol. The van der Waals surface area contributed by atoms with Gasteiger partial charge < -0.3 is 4.40 Å². The smallest absolute Gasteiger partial charge is 0.302 e. The highest BCUT2D eigenvalue weighted by Crippen LogP contribution is 2.30. The zero-order valence-electron chi connectivity index (χ0n) is 10.7. The fourth-order valence-corrected chi connectivity index (χ4v) is 2.42. The molecule has 0 atom stereocenters. The second-order valence-corrected chi connectivity index (χ2v) is 5.07. The lowest BCUT2D eigenvalue weighted by atomic mass is 10.1. The van der Waals surface area contributed by atoms with Crippen molar-refractivity contribution in [3.05, 3.63) is 70.8 Å². The van der Waals surface area contributed by atoms with E-state index in [-0.39, 0.29) is 0 Å². The average Bonchev–Trinajstić information content (AvgIpc) is 2.83. The Hall–Kier alpha value is -2.01. The Morgan fingerprint density at radius 1 is 1.14 bits per heavy atom. The van der Waals surface area contributed by atoms with E-state index in [4.69, 9.17) is 11.6 Å². The lowest BCUT2D eigenvalue weighted by Crippen LogP contribution is -2.06. The van der Waals surface area contributed by atoms with Crippen molar-refractivity contribution in [2.45, 2.75) is 12.6 Å². The third-order valence-electron chi connectivity index (χ3n) is 3.21. The molecular formula is C15H10ClF3N2. The molecule has 0 aliphatic heterocycles. The molecule has 0 bridgehead atoms. The number of fused-ring (bicyclic) bond motifs is 1. The highest BCUT2D eigenvalue weighted by Gasteiger charge is 2.30. The number of hydrogen-bond donors (Lipinski definition) is 0. The minimum Gasteiger partial charge on any atom is -0.302 e. The zero-order chi connectivity index (χ0) is 15.0. The molecule has 0 spiro atoms. The van der Waals surface area contributed by atoms with Gasteiger partial charge in [0.2, 0.25) is 0 Å². The number of alkyl halides is 3. The molecule has 0 radical (unpaired) electrons. The lowest BCUT2D eigenvalue weighted by Gasteiger charge is -2.08. The molecule has 3 rings (SSSR count). The summed E-state index contributed by atoms with van der Waals surface area (Å²) >= 11 is 6.05. The van der Waals surface area contributed by atoms with Crippen molar-refractivity contribution < 1.29 is 13.2 Å². The van der Waals surface area contributed by atoms with E-state index in [0.29, 0.717) is 22.8 Å². The van der Waals surface area contributed by atoms with Gasteiger partial charge in [0.05, 0.1) is 22.3 Å². The van der Waals surface area contributed by atoms with E-state index < -0.39 is 11.7 Å².